The average Bonchev–Trinajstić information content (AvgIpc) is 2.36. The summed E-state index contributed by atoms with van der Waals surface area (Å²) in [7, 11) is 0. The highest BCUT2D eigenvalue weighted by Gasteiger charge is 2.34. The highest BCUT2D eigenvalue weighted by Crippen LogP contribution is 2.30. The molecule has 0 heterocycles. The zero-order valence-electron chi connectivity index (χ0n) is 10.9. The Kier molecular flexibility index (Phi) is 4.00. The third-order valence-electron chi connectivity index (χ3n) is 3.47. The third kappa shape index (κ3) is 3.64. The molecule has 0 radical (unpaired) electrons. The van der Waals surface area contributed by atoms with E-state index in [1.54, 1.807) is 25.1 Å². The van der Waals surface area contributed by atoms with Crippen LogP contribution < -0.4 is 5.32 Å². The van der Waals surface area contributed by atoms with E-state index in [1.807, 2.05) is 0 Å². The Labute approximate surface area is 112 Å². The third-order valence-corrected chi connectivity index (χ3v) is 3.47. The highest BCUT2D eigenvalue weighted by atomic mass is 19.1. The lowest BCUT2D eigenvalue weighted by atomic mass is 9.80. The van der Waals surface area contributed by atoms with Gasteiger partial charge in [0, 0.05) is 12.1 Å². The molecule has 2 rings (SSSR count). The zero-order chi connectivity index (χ0) is 13.9. The topological polar surface area (TPSA) is 49.3 Å². The molecule has 0 aliphatic heterocycles. The maximum Gasteiger partial charge on any atom is 0.247 e. The van der Waals surface area contributed by atoms with Crippen LogP contribution in [0.5, 0.6) is 0 Å². The summed E-state index contributed by atoms with van der Waals surface area (Å²) in [5, 5.41) is 12.6. The van der Waals surface area contributed by atoms with Crippen molar-refractivity contribution >= 4 is 12.0 Å². The minimum atomic E-state index is -0.716. The SMILES string of the molecule is CC(=Cc1ccc(F)cc1)C(=O)NCC1(O)CCC1. The van der Waals surface area contributed by atoms with Gasteiger partial charge in [0.25, 0.3) is 0 Å². The average molecular weight is 263 g/mol. The smallest absolute Gasteiger partial charge is 0.247 e. The molecule has 0 saturated heterocycles. The van der Waals surface area contributed by atoms with Gasteiger partial charge in [-0.1, -0.05) is 12.1 Å². The highest BCUT2D eigenvalue weighted by molar-refractivity contribution is 5.97. The molecule has 0 spiro atoms. The molecular weight excluding hydrogens is 245 g/mol. The van der Waals surface area contributed by atoms with Crippen LogP contribution in [0, 0.1) is 5.82 Å². The lowest BCUT2D eigenvalue weighted by Crippen LogP contribution is -2.47. The second-order valence-corrected chi connectivity index (χ2v) is 5.14. The van der Waals surface area contributed by atoms with E-state index in [2.05, 4.69) is 5.32 Å². The van der Waals surface area contributed by atoms with E-state index in [4.69, 9.17) is 0 Å². The summed E-state index contributed by atoms with van der Waals surface area (Å²) in [6, 6.07) is 5.94. The Bertz CT molecular complexity index is 489. The molecule has 1 aromatic carbocycles. The Morgan fingerprint density at radius 1 is 1.42 bits per heavy atom. The van der Waals surface area contributed by atoms with Crippen LogP contribution >= 0.6 is 0 Å². The number of benzene rings is 1. The molecule has 0 aromatic heterocycles. The summed E-state index contributed by atoms with van der Waals surface area (Å²) in [6.07, 6.45) is 4.19. The molecule has 1 aromatic rings. The number of carbonyl (C=O) groups is 1. The molecule has 1 fully saturated rings. The van der Waals surface area contributed by atoms with Gasteiger partial charge in [-0.15, -0.1) is 0 Å². The van der Waals surface area contributed by atoms with Gasteiger partial charge in [-0.05, 0) is 50.0 Å². The Morgan fingerprint density at radius 2 is 2.05 bits per heavy atom. The molecule has 4 heteroatoms. The van der Waals surface area contributed by atoms with Gasteiger partial charge in [-0.3, -0.25) is 4.79 Å². The number of halogens is 1. The van der Waals surface area contributed by atoms with Gasteiger partial charge in [0.1, 0.15) is 5.82 Å². The molecular formula is C15H18FNO2. The van der Waals surface area contributed by atoms with E-state index < -0.39 is 5.60 Å². The number of carbonyl (C=O) groups excluding carboxylic acids is 1. The monoisotopic (exact) mass is 263 g/mol. The van der Waals surface area contributed by atoms with E-state index in [0.29, 0.717) is 12.1 Å². The van der Waals surface area contributed by atoms with Crippen molar-refractivity contribution in [3.05, 3.63) is 41.2 Å². The van der Waals surface area contributed by atoms with Crippen LogP contribution in [-0.2, 0) is 4.79 Å². The van der Waals surface area contributed by atoms with Crippen LogP contribution in [-0.4, -0.2) is 23.2 Å². The summed E-state index contributed by atoms with van der Waals surface area (Å²) in [5.41, 5.74) is 0.595. The van der Waals surface area contributed by atoms with Gasteiger partial charge in [0.2, 0.25) is 5.91 Å². The van der Waals surface area contributed by atoms with Crippen molar-refractivity contribution < 1.29 is 14.3 Å². The Balaban J connectivity index is 1.92. The van der Waals surface area contributed by atoms with E-state index in [0.717, 1.165) is 24.8 Å². The van der Waals surface area contributed by atoms with Crippen LogP contribution in [0.1, 0.15) is 31.7 Å². The van der Waals surface area contributed by atoms with Crippen molar-refractivity contribution in [2.24, 2.45) is 0 Å². The second kappa shape index (κ2) is 5.53. The van der Waals surface area contributed by atoms with Crippen molar-refractivity contribution in [2.45, 2.75) is 31.8 Å². The summed E-state index contributed by atoms with van der Waals surface area (Å²) in [6.45, 7) is 1.99. The van der Waals surface area contributed by atoms with Crippen molar-refractivity contribution in [3.63, 3.8) is 0 Å². The predicted molar refractivity (Wildman–Crippen MR) is 71.9 cm³/mol. The molecule has 0 unspecified atom stereocenters. The lowest BCUT2D eigenvalue weighted by Gasteiger charge is -2.36. The normalized spacial score (nSPS) is 17.7. The first kappa shape index (κ1) is 13.7. The molecule has 1 aliphatic carbocycles. The molecule has 102 valence electrons. The fourth-order valence-electron chi connectivity index (χ4n) is 2.02. The van der Waals surface area contributed by atoms with Gasteiger partial charge in [-0.2, -0.15) is 0 Å². The summed E-state index contributed by atoms with van der Waals surface area (Å²) >= 11 is 0. The Morgan fingerprint density at radius 3 is 2.58 bits per heavy atom. The van der Waals surface area contributed by atoms with Gasteiger partial charge in [0.15, 0.2) is 0 Å². The van der Waals surface area contributed by atoms with E-state index in [-0.39, 0.29) is 11.7 Å². The summed E-state index contributed by atoms with van der Waals surface area (Å²) in [5.74, 6) is -0.504. The minimum absolute atomic E-state index is 0.204. The van der Waals surface area contributed by atoms with Gasteiger partial charge < -0.3 is 10.4 Å². The lowest BCUT2D eigenvalue weighted by molar-refractivity contribution is -0.119. The molecule has 1 amide bonds. The number of hydrogen-bond acceptors (Lipinski definition) is 2. The summed E-state index contributed by atoms with van der Waals surface area (Å²) < 4.78 is 12.8. The first-order chi connectivity index (χ1) is 8.98. The number of hydrogen-bond donors (Lipinski definition) is 2. The van der Waals surface area contributed by atoms with Crippen molar-refractivity contribution in [2.75, 3.05) is 6.54 Å². The van der Waals surface area contributed by atoms with E-state index in [1.165, 1.54) is 12.1 Å². The minimum Gasteiger partial charge on any atom is -0.388 e. The van der Waals surface area contributed by atoms with Crippen molar-refractivity contribution in [1.29, 1.82) is 0 Å². The fraction of sp³-hybridized carbons (Fsp3) is 0.400. The predicted octanol–water partition coefficient (Wildman–Crippen LogP) is 2.26. The molecule has 0 atom stereocenters. The number of rotatable bonds is 4. The Hall–Kier alpha value is -1.68. The van der Waals surface area contributed by atoms with Gasteiger partial charge in [0.05, 0.1) is 5.60 Å². The van der Waals surface area contributed by atoms with Crippen LogP contribution in [0.3, 0.4) is 0 Å². The second-order valence-electron chi connectivity index (χ2n) is 5.14. The molecule has 0 bridgehead atoms. The standard InChI is InChI=1S/C15H18FNO2/c1-11(9-12-3-5-13(16)6-4-12)14(18)17-10-15(19)7-2-8-15/h3-6,9,19H,2,7-8,10H2,1H3,(H,17,18). The first-order valence-electron chi connectivity index (χ1n) is 6.43. The van der Waals surface area contributed by atoms with E-state index in [9.17, 15) is 14.3 Å². The van der Waals surface area contributed by atoms with Crippen LogP contribution in [0.15, 0.2) is 29.8 Å². The summed E-state index contributed by atoms with van der Waals surface area (Å²) in [4.78, 5) is 11.8. The van der Waals surface area contributed by atoms with Crippen molar-refractivity contribution in [3.8, 4) is 0 Å². The first-order valence-corrected chi connectivity index (χ1v) is 6.43. The van der Waals surface area contributed by atoms with Crippen LogP contribution in [0.25, 0.3) is 6.08 Å². The number of nitrogens with one attached hydrogen (secondary N) is 1. The number of aliphatic hydroxyl groups is 1. The zero-order valence-corrected chi connectivity index (χ0v) is 10.9. The van der Waals surface area contributed by atoms with E-state index >= 15 is 0 Å². The fourth-order valence-corrected chi connectivity index (χ4v) is 2.02. The molecule has 1 saturated carbocycles. The number of amides is 1. The molecule has 3 nitrogen and oxygen atoms in total. The van der Waals surface area contributed by atoms with Crippen LogP contribution in [0.4, 0.5) is 4.39 Å². The molecule has 19 heavy (non-hydrogen) atoms. The van der Waals surface area contributed by atoms with Gasteiger partial charge >= 0.3 is 0 Å². The largest absolute Gasteiger partial charge is 0.388 e. The quantitative estimate of drug-likeness (QED) is 0.819. The molecule has 1 aliphatic rings. The van der Waals surface area contributed by atoms with Crippen LogP contribution in [0.2, 0.25) is 0 Å². The maximum absolute atomic E-state index is 12.8. The van der Waals surface area contributed by atoms with Gasteiger partial charge in [-0.25, -0.2) is 4.39 Å². The van der Waals surface area contributed by atoms with Crippen molar-refractivity contribution in [1.82, 2.24) is 5.32 Å². The maximum atomic E-state index is 12.8. The molecule has 2 N–H and O–H groups in total.